The molecule has 0 radical (unpaired) electrons. The number of hydrogen-bond donors (Lipinski definition) is 1. The van der Waals surface area contributed by atoms with Crippen LogP contribution in [0.25, 0.3) is 10.2 Å². The van der Waals surface area contributed by atoms with Crippen LogP contribution in [0.2, 0.25) is 0 Å². The third-order valence-corrected chi connectivity index (χ3v) is 7.17. The largest absolute Gasteiger partial charge is 0.383 e. The average Bonchev–Trinajstić information content (AvgIpc) is 3.36. The topological polar surface area (TPSA) is 86.1 Å². The number of rotatable bonds is 7. The molecule has 142 valence electrons. The van der Waals surface area contributed by atoms with E-state index in [4.69, 9.17) is 9.72 Å². The molecule has 1 N–H and O–H groups in total. The van der Waals surface area contributed by atoms with E-state index in [1.54, 1.807) is 34.6 Å². The molecular formula is C17H18N4O3S3. The predicted molar refractivity (Wildman–Crippen MR) is 109 cm³/mol. The van der Waals surface area contributed by atoms with Gasteiger partial charge >= 0.3 is 0 Å². The van der Waals surface area contributed by atoms with Crippen LogP contribution in [-0.2, 0) is 28.9 Å². The number of anilines is 1. The highest BCUT2D eigenvalue weighted by atomic mass is 32.2. The van der Waals surface area contributed by atoms with Gasteiger partial charge in [0.25, 0.3) is 5.56 Å². The molecule has 0 spiro atoms. The van der Waals surface area contributed by atoms with Crippen LogP contribution in [0.15, 0.2) is 21.5 Å². The number of thiophene rings is 1. The Bertz CT molecular complexity index is 1030. The van der Waals surface area contributed by atoms with Gasteiger partial charge in [0.1, 0.15) is 4.83 Å². The van der Waals surface area contributed by atoms with Crippen molar-refractivity contribution in [3.63, 3.8) is 0 Å². The molecule has 0 aliphatic heterocycles. The van der Waals surface area contributed by atoms with Gasteiger partial charge in [-0.1, -0.05) is 11.8 Å². The third-order valence-electron chi connectivity index (χ3n) is 4.32. The van der Waals surface area contributed by atoms with Crippen LogP contribution in [0.5, 0.6) is 0 Å². The zero-order valence-electron chi connectivity index (χ0n) is 14.7. The number of methoxy groups -OCH3 is 1. The number of carbonyl (C=O) groups is 1. The number of nitrogens with zero attached hydrogens (tertiary/aromatic N) is 3. The maximum Gasteiger partial charge on any atom is 0.263 e. The van der Waals surface area contributed by atoms with E-state index in [0.29, 0.717) is 23.4 Å². The molecule has 0 saturated heterocycles. The van der Waals surface area contributed by atoms with E-state index >= 15 is 0 Å². The highest BCUT2D eigenvalue weighted by molar-refractivity contribution is 7.99. The Balaban J connectivity index is 1.62. The fraction of sp³-hybridized carbons (Fsp3) is 0.412. The van der Waals surface area contributed by atoms with Gasteiger partial charge < -0.3 is 10.1 Å². The molecule has 3 aromatic rings. The fourth-order valence-corrected chi connectivity index (χ4v) is 5.79. The lowest BCUT2D eigenvalue weighted by molar-refractivity contribution is -0.113. The molecule has 0 saturated carbocycles. The number of hydrogen-bond acceptors (Lipinski definition) is 8. The second kappa shape index (κ2) is 8.09. The summed E-state index contributed by atoms with van der Waals surface area (Å²) < 4.78 is 6.79. The standard InChI is InChI=1S/C17H18N4O3S3/c1-24-7-6-21-15(23)13-10-3-2-4-11(10)27-14(13)20-17(21)26-9-12(22)19-16-18-5-8-25-16/h5,8H,2-4,6-7,9H2,1H3,(H,18,19,22). The molecule has 1 amide bonds. The first-order valence-electron chi connectivity index (χ1n) is 8.53. The van der Waals surface area contributed by atoms with Crippen molar-refractivity contribution in [3.8, 4) is 0 Å². The Morgan fingerprint density at radius 1 is 1.44 bits per heavy atom. The predicted octanol–water partition coefficient (Wildman–Crippen LogP) is 2.78. The molecule has 0 fully saturated rings. The summed E-state index contributed by atoms with van der Waals surface area (Å²) >= 11 is 4.24. The second-order valence-corrected chi connectivity index (χ2v) is 8.98. The Labute approximate surface area is 167 Å². The van der Waals surface area contributed by atoms with E-state index in [1.807, 2.05) is 0 Å². The molecule has 0 atom stereocenters. The molecule has 3 aromatic heterocycles. The molecule has 10 heteroatoms. The first kappa shape index (κ1) is 18.6. The number of carbonyl (C=O) groups excluding carboxylic acids is 1. The van der Waals surface area contributed by atoms with Gasteiger partial charge in [-0.3, -0.25) is 14.2 Å². The number of thioether (sulfide) groups is 1. The van der Waals surface area contributed by atoms with Crippen LogP contribution < -0.4 is 10.9 Å². The summed E-state index contributed by atoms with van der Waals surface area (Å²) in [6.45, 7) is 0.831. The molecule has 1 aliphatic carbocycles. The Morgan fingerprint density at radius 3 is 3.11 bits per heavy atom. The normalized spacial score (nSPS) is 13.2. The van der Waals surface area contributed by atoms with Gasteiger partial charge in [0, 0.05) is 23.6 Å². The second-order valence-electron chi connectivity index (χ2n) is 6.06. The molecule has 0 unspecified atom stereocenters. The zero-order valence-corrected chi connectivity index (χ0v) is 17.1. The van der Waals surface area contributed by atoms with Crippen LogP contribution in [0.4, 0.5) is 5.13 Å². The number of thiazole rings is 1. The molecule has 7 nitrogen and oxygen atoms in total. The van der Waals surface area contributed by atoms with Crippen molar-refractivity contribution in [1.82, 2.24) is 14.5 Å². The minimum absolute atomic E-state index is 0.0284. The van der Waals surface area contributed by atoms with Gasteiger partial charge in [0.2, 0.25) is 5.91 Å². The Hall–Kier alpha value is -1.75. The SMILES string of the molecule is COCCn1c(SCC(=O)Nc2nccs2)nc2sc3c(c2c1=O)CCC3. The highest BCUT2D eigenvalue weighted by Crippen LogP contribution is 2.35. The molecule has 1 aliphatic rings. The van der Waals surface area contributed by atoms with Crippen molar-refractivity contribution in [1.29, 1.82) is 0 Å². The summed E-state index contributed by atoms with van der Waals surface area (Å²) in [6.07, 6.45) is 4.70. The smallest absolute Gasteiger partial charge is 0.263 e. The van der Waals surface area contributed by atoms with Crippen molar-refractivity contribution in [3.05, 3.63) is 32.4 Å². The van der Waals surface area contributed by atoms with Crippen LogP contribution in [-0.4, -0.2) is 39.9 Å². The van der Waals surface area contributed by atoms with Crippen molar-refractivity contribution in [2.45, 2.75) is 31.0 Å². The van der Waals surface area contributed by atoms with Gasteiger partial charge in [-0.25, -0.2) is 9.97 Å². The Morgan fingerprint density at radius 2 is 2.33 bits per heavy atom. The third kappa shape index (κ3) is 3.79. The number of nitrogens with one attached hydrogen (secondary N) is 1. The maximum atomic E-state index is 13.1. The van der Waals surface area contributed by atoms with E-state index in [0.717, 1.165) is 35.0 Å². The van der Waals surface area contributed by atoms with Gasteiger partial charge in [-0.15, -0.1) is 22.7 Å². The van der Waals surface area contributed by atoms with Crippen molar-refractivity contribution >= 4 is 55.7 Å². The lowest BCUT2D eigenvalue weighted by atomic mass is 10.2. The average molecular weight is 423 g/mol. The van der Waals surface area contributed by atoms with Crippen LogP contribution in [0, 0.1) is 0 Å². The van der Waals surface area contributed by atoms with E-state index in [1.165, 1.54) is 28.0 Å². The van der Waals surface area contributed by atoms with E-state index in [-0.39, 0.29) is 17.2 Å². The van der Waals surface area contributed by atoms with Crippen molar-refractivity contribution < 1.29 is 9.53 Å². The zero-order chi connectivity index (χ0) is 18.8. The molecule has 4 rings (SSSR count). The van der Waals surface area contributed by atoms with Gasteiger partial charge in [-0.05, 0) is 24.8 Å². The summed E-state index contributed by atoms with van der Waals surface area (Å²) in [5.41, 5.74) is 1.14. The summed E-state index contributed by atoms with van der Waals surface area (Å²) in [5, 5.41) is 6.42. The first-order chi connectivity index (χ1) is 13.2. The number of amides is 1. The van der Waals surface area contributed by atoms with E-state index in [2.05, 4.69) is 10.3 Å². The van der Waals surface area contributed by atoms with E-state index in [9.17, 15) is 9.59 Å². The lowest BCUT2D eigenvalue weighted by Gasteiger charge is -2.11. The van der Waals surface area contributed by atoms with Crippen LogP contribution >= 0.6 is 34.4 Å². The monoisotopic (exact) mass is 422 g/mol. The van der Waals surface area contributed by atoms with E-state index < -0.39 is 0 Å². The van der Waals surface area contributed by atoms with Crippen LogP contribution in [0.1, 0.15) is 16.9 Å². The molecule has 0 bridgehead atoms. The van der Waals surface area contributed by atoms with Gasteiger partial charge in [0.15, 0.2) is 10.3 Å². The maximum absolute atomic E-state index is 13.1. The van der Waals surface area contributed by atoms with Crippen molar-refractivity contribution in [2.24, 2.45) is 0 Å². The Kier molecular flexibility index (Phi) is 5.58. The molecular weight excluding hydrogens is 404 g/mol. The molecule has 27 heavy (non-hydrogen) atoms. The summed E-state index contributed by atoms with van der Waals surface area (Å²) in [4.78, 5) is 36.1. The highest BCUT2D eigenvalue weighted by Gasteiger charge is 2.23. The summed E-state index contributed by atoms with van der Waals surface area (Å²) in [7, 11) is 1.60. The molecule has 3 heterocycles. The van der Waals surface area contributed by atoms with Gasteiger partial charge in [-0.2, -0.15) is 0 Å². The van der Waals surface area contributed by atoms with Crippen molar-refractivity contribution in [2.75, 3.05) is 24.8 Å². The fourth-order valence-electron chi connectivity index (χ4n) is 3.12. The lowest BCUT2D eigenvalue weighted by Crippen LogP contribution is -2.26. The minimum atomic E-state index is -0.170. The van der Waals surface area contributed by atoms with Gasteiger partial charge in [0.05, 0.1) is 24.3 Å². The van der Waals surface area contributed by atoms with Crippen LogP contribution in [0.3, 0.4) is 0 Å². The number of aromatic nitrogens is 3. The summed E-state index contributed by atoms with van der Waals surface area (Å²) in [5.74, 6) is -0.00783. The molecule has 0 aromatic carbocycles. The quantitative estimate of drug-likeness (QED) is 0.465. The minimum Gasteiger partial charge on any atom is -0.383 e. The number of fused-ring (bicyclic) bond motifs is 3. The first-order valence-corrected chi connectivity index (χ1v) is 11.2. The number of ether oxygens (including phenoxy) is 1. The summed E-state index contributed by atoms with van der Waals surface area (Å²) in [6, 6.07) is 0. The number of aryl methyl sites for hydroxylation is 2.